The van der Waals surface area contributed by atoms with Gasteiger partial charge in [0.25, 0.3) is 5.91 Å². The van der Waals surface area contributed by atoms with Gasteiger partial charge in [-0.2, -0.15) is 5.26 Å². The van der Waals surface area contributed by atoms with Gasteiger partial charge >= 0.3 is 0 Å². The van der Waals surface area contributed by atoms with Gasteiger partial charge in [0.15, 0.2) is 5.11 Å². The molecule has 0 radical (unpaired) electrons. The molecular weight excluding hydrogens is 431 g/mol. The summed E-state index contributed by atoms with van der Waals surface area (Å²) in [6, 6.07) is 13.1. The van der Waals surface area contributed by atoms with Crippen LogP contribution in [0.15, 0.2) is 60.2 Å². The van der Waals surface area contributed by atoms with Crippen molar-refractivity contribution in [2.45, 2.75) is 0 Å². The first-order valence-corrected chi connectivity index (χ1v) is 9.22. The summed E-state index contributed by atoms with van der Waals surface area (Å²) in [6.45, 7) is 0. The minimum absolute atomic E-state index is 0.146. The maximum absolute atomic E-state index is 13.7. The summed E-state index contributed by atoms with van der Waals surface area (Å²) in [5, 5.41) is 14.2. The fourth-order valence-corrected chi connectivity index (χ4v) is 3.08. The third kappa shape index (κ3) is 4.35. The predicted octanol–water partition coefficient (Wildman–Crippen LogP) is 2.93. The van der Waals surface area contributed by atoms with Crippen molar-refractivity contribution in [3.8, 4) is 6.07 Å². The van der Waals surface area contributed by atoms with Crippen LogP contribution in [0.4, 0.5) is 15.8 Å². The second-order valence-electron chi connectivity index (χ2n) is 6.05. The molecule has 3 amide bonds. The largest absolute Gasteiger partial charge is 0.319 e. The number of halogens is 2. The smallest absolute Gasteiger partial charge is 0.266 e. The zero-order valence-electron chi connectivity index (χ0n) is 15.1. The minimum atomic E-state index is -1.49. The predicted molar refractivity (Wildman–Crippen MR) is 112 cm³/mol. The summed E-state index contributed by atoms with van der Waals surface area (Å²) in [5.41, 5.74) is -0.329. The standard InChI is InChI=1S/C20H12ClFN4O3S/c21-12-5-7-13(8-6-12)26-19(29)14(18(28)25-20(26)30)9-11(10-23)17(27)24-16-4-2-1-3-15(16)22/h1-9,14H,(H,24,27)(H,25,28,30)/b11-9-/t14-/m1/s1. The Morgan fingerprint density at radius 2 is 1.90 bits per heavy atom. The molecule has 1 atom stereocenters. The molecule has 0 aliphatic carbocycles. The topological polar surface area (TPSA) is 102 Å². The first kappa shape index (κ1) is 21.1. The van der Waals surface area contributed by atoms with Crippen LogP contribution in [-0.4, -0.2) is 22.8 Å². The van der Waals surface area contributed by atoms with Gasteiger partial charge < -0.3 is 10.6 Å². The van der Waals surface area contributed by atoms with Crippen LogP contribution < -0.4 is 15.5 Å². The Hall–Kier alpha value is -3.61. The van der Waals surface area contributed by atoms with Crippen LogP contribution in [0, 0.1) is 23.1 Å². The van der Waals surface area contributed by atoms with E-state index < -0.39 is 35.0 Å². The molecule has 0 bridgehead atoms. The first-order valence-electron chi connectivity index (χ1n) is 8.44. The Bertz CT molecular complexity index is 1130. The van der Waals surface area contributed by atoms with Crippen LogP contribution in [-0.2, 0) is 14.4 Å². The van der Waals surface area contributed by atoms with Gasteiger partial charge in [0.1, 0.15) is 23.4 Å². The molecule has 150 valence electrons. The van der Waals surface area contributed by atoms with Crippen molar-refractivity contribution in [1.82, 2.24) is 5.32 Å². The Kier molecular flexibility index (Phi) is 6.20. The van der Waals surface area contributed by atoms with Crippen molar-refractivity contribution in [1.29, 1.82) is 5.26 Å². The normalized spacial score (nSPS) is 16.7. The number of hydrogen-bond donors (Lipinski definition) is 2. The number of carbonyl (C=O) groups is 3. The fraction of sp³-hybridized carbons (Fsp3) is 0.0500. The monoisotopic (exact) mass is 442 g/mol. The molecular formula is C20H12ClFN4O3S. The molecule has 2 aromatic carbocycles. The zero-order valence-corrected chi connectivity index (χ0v) is 16.6. The summed E-state index contributed by atoms with van der Waals surface area (Å²) in [6.07, 6.45) is 0.915. The average Bonchev–Trinajstić information content (AvgIpc) is 2.71. The first-order chi connectivity index (χ1) is 14.3. The van der Waals surface area contributed by atoms with E-state index in [1.165, 1.54) is 42.5 Å². The van der Waals surface area contributed by atoms with Crippen molar-refractivity contribution >= 4 is 58.0 Å². The van der Waals surface area contributed by atoms with Gasteiger partial charge in [0.2, 0.25) is 11.8 Å². The lowest BCUT2D eigenvalue weighted by atomic mass is 10.0. The molecule has 0 spiro atoms. The molecule has 1 aliphatic heterocycles. The number of hydrogen-bond acceptors (Lipinski definition) is 5. The number of carbonyl (C=O) groups excluding carboxylic acids is 3. The molecule has 30 heavy (non-hydrogen) atoms. The number of rotatable bonds is 4. The van der Waals surface area contributed by atoms with Crippen LogP contribution in [0.3, 0.4) is 0 Å². The SMILES string of the molecule is N#C/C(=C/[C@@H]1C(=O)NC(=S)N(c2ccc(Cl)cc2)C1=O)C(=O)Nc1ccccc1F. The Morgan fingerprint density at radius 3 is 2.53 bits per heavy atom. The van der Waals surface area contributed by atoms with E-state index in [9.17, 15) is 24.0 Å². The Balaban J connectivity index is 1.89. The van der Waals surface area contributed by atoms with Crippen molar-refractivity contribution in [2.24, 2.45) is 5.92 Å². The molecule has 1 aliphatic rings. The van der Waals surface area contributed by atoms with Gasteiger partial charge in [0, 0.05) is 5.02 Å². The highest BCUT2D eigenvalue weighted by Gasteiger charge is 2.38. The number of para-hydroxylation sites is 1. The Morgan fingerprint density at radius 1 is 1.23 bits per heavy atom. The highest BCUT2D eigenvalue weighted by molar-refractivity contribution is 7.80. The molecule has 1 heterocycles. The van der Waals surface area contributed by atoms with Crippen LogP contribution in [0.5, 0.6) is 0 Å². The summed E-state index contributed by atoms with van der Waals surface area (Å²) >= 11 is 10.9. The van der Waals surface area contributed by atoms with Crippen molar-refractivity contribution in [3.05, 3.63) is 71.0 Å². The van der Waals surface area contributed by atoms with Crippen molar-refractivity contribution < 1.29 is 18.8 Å². The van der Waals surface area contributed by atoms with Gasteiger partial charge in [-0.25, -0.2) is 4.39 Å². The number of nitrogens with one attached hydrogen (secondary N) is 2. The number of benzene rings is 2. The lowest BCUT2D eigenvalue weighted by Gasteiger charge is -2.31. The van der Waals surface area contributed by atoms with E-state index in [-0.39, 0.29) is 10.8 Å². The van der Waals surface area contributed by atoms with E-state index in [1.54, 1.807) is 6.07 Å². The molecule has 0 aromatic heterocycles. The Labute approximate surface area is 180 Å². The van der Waals surface area contributed by atoms with E-state index in [0.29, 0.717) is 10.7 Å². The highest BCUT2D eigenvalue weighted by atomic mass is 35.5. The van der Waals surface area contributed by atoms with E-state index in [0.717, 1.165) is 17.0 Å². The molecule has 10 heteroatoms. The number of thiocarbonyl (C=S) groups is 1. The van der Waals surface area contributed by atoms with Gasteiger partial charge in [-0.1, -0.05) is 23.7 Å². The van der Waals surface area contributed by atoms with Crippen LogP contribution in [0.25, 0.3) is 0 Å². The number of amides is 3. The minimum Gasteiger partial charge on any atom is -0.319 e. The highest BCUT2D eigenvalue weighted by Crippen LogP contribution is 2.24. The molecule has 0 unspecified atom stereocenters. The molecule has 0 saturated carbocycles. The maximum atomic E-state index is 13.7. The number of nitrogens with zero attached hydrogens (tertiary/aromatic N) is 2. The van der Waals surface area contributed by atoms with Crippen LogP contribution in [0.2, 0.25) is 5.02 Å². The van der Waals surface area contributed by atoms with Gasteiger partial charge in [-0.15, -0.1) is 0 Å². The van der Waals surface area contributed by atoms with Crippen LogP contribution in [0.1, 0.15) is 0 Å². The van der Waals surface area contributed by atoms with Gasteiger partial charge in [-0.3, -0.25) is 19.3 Å². The van der Waals surface area contributed by atoms with E-state index in [4.69, 9.17) is 23.8 Å². The van der Waals surface area contributed by atoms with E-state index in [2.05, 4.69) is 10.6 Å². The van der Waals surface area contributed by atoms with E-state index in [1.807, 2.05) is 0 Å². The number of nitriles is 1. The van der Waals surface area contributed by atoms with Crippen LogP contribution >= 0.6 is 23.8 Å². The maximum Gasteiger partial charge on any atom is 0.266 e. The lowest BCUT2D eigenvalue weighted by Crippen LogP contribution is -2.57. The quantitative estimate of drug-likeness (QED) is 0.328. The summed E-state index contributed by atoms with van der Waals surface area (Å²) in [4.78, 5) is 38.7. The summed E-state index contributed by atoms with van der Waals surface area (Å²) in [5.74, 6) is -4.70. The second-order valence-corrected chi connectivity index (χ2v) is 6.87. The molecule has 3 rings (SSSR count). The summed E-state index contributed by atoms with van der Waals surface area (Å²) < 4.78 is 13.7. The van der Waals surface area contributed by atoms with Crippen molar-refractivity contribution in [3.63, 3.8) is 0 Å². The molecule has 2 N–H and O–H groups in total. The zero-order chi connectivity index (χ0) is 21.8. The molecule has 2 aromatic rings. The molecule has 1 saturated heterocycles. The molecule has 7 nitrogen and oxygen atoms in total. The average molecular weight is 443 g/mol. The number of anilines is 2. The second kappa shape index (κ2) is 8.82. The molecule has 1 fully saturated rings. The van der Waals surface area contributed by atoms with Crippen molar-refractivity contribution in [2.75, 3.05) is 10.2 Å². The lowest BCUT2D eigenvalue weighted by molar-refractivity contribution is -0.131. The van der Waals surface area contributed by atoms with Gasteiger partial charge in [-0.05, 0) is 54.7 Å². The third-order valence-corrected chi connectivity index (χ3v) is 4.64. The third-order valence-electron chi connectivity index (χ3n) is 4.11. The van der Waals surface area contributed by atoms with E-state index >= 15 is 0 Å². The fourth-order valence-electron chi connectivity index (χ4n) is 2.65. The summed E-state index contributed by atoms with van der Waals surface area (Å²) in [7, 11) is 0. The van der Waals surface area contributed by atoms with Gasteiger partial charge in [0.05, 0.1) is 11.4 Å².